The Labute approximate surface area is 322 Å². The van der Waals surface area contributed by atoms with Crippen LogP contribution < -0.4 is 0 Å². The maximum atomic E-state index is 12.2. The molecule has 0 aliphatic heterocycles. The number of H-pyrrole nitrogens is 1. The van der Waals surface area contributed by atoms with Crippen molar-refractivity contribution in [3.63, 3.8) is 0 Å². The van der Waals surface area contributed by atoms with E-state index in [2.05, 4.69) is 75.3 Å². The molecule has 1 N–H and O–H groups in total. The van der Waals surface area contributed by atoms with Gasteiger partial charge < -0.3 is 0 Å². The first kappa shape index (κ1) is 35.6. The topological polar surface area (TPSA) is 137 Å². The highest BCUT2D eigenvalue weighted by Crippen LogP contribution is 2.36. The van der Waals surface area contributed by atoms with Gasteiger partial charge in [-0.2, -0.15) is 25.4 Å². The second-order valence-corrected chi connectivity index (χ2v) is 15.7. The molecule has 8 aromatic rings. The molecule has 0 aliphatic rings. The number of carbonyl (C=O) groups is 1. The predicted octanol–water partition coefficient (Wildman–Crippen LogP) is 10.8. The molecular formula is C42H32Br2N8O. The molecule has 0 amide bonds. The van der Waals surface area contributed by atoms with Crippen molar-refractivity contribution in [3.8, 4) is 34.7 Å². The molecule has 260 valence electrons. The number of carbonyl (C=O) groups excluding carboxylic acids is 1. The summed E-state index contributed by atoms with van der Waals surface area (Å²) >= 11 is 7.06. The minimum absolute atomic E-state index is 0.172. The third-order valence-electron chi connectivity index (χ3n) is 9.45. The molecule has 53 heavy (non-hydrogen) atoms. The van der Waals surface area contributed by atoms with Gasteiger partial charge in [-0.1, -0.05) is 80.4 Å². The lowest BCUT2D eigenvalue weighted by atomic mass is 9.86. The number of halogens is 2. The van der Waals surface area contributed by atoms with Gasteiger partial charge in [-0.15, -0.1) is 0 Å². The quantitative estimate of drug-likeness (QED) is 0.186. The van der Waals surface area contributed by atoms with Crippen molar-refractivity contribution in [2.45, 2.75) is 45.4 Å². The first-order valence-electron chi connectivity index (χ1n) is 16.8. The summed E-state index contributed by atoms with van der Waals surface area (Å²) in [5.41, 5.74) is 7.70. The Morgan fingerprint density at radius 3 is 1.70 bits per heavy atom. The van der Waals surface area contributed by atoms with Crippen molar-refractivity contribution in [2.75, 3.05) is 0 Å². The van der Waals surface area contributed by atoms with Gasteiger partial charge in [0.25, 0.3) is 0 Å². The number of benzene rings is 4. The summed E-state index contributed by atoms with van der Waals surface area (Å²) in [6.45, 7) is 9.10. The van der Waals surface area contributed by atoms with Gasteiger partial charge in [0, 0.05) is 48.5 Å². The zero-order valence-corrected chi connectivity index (χ0v) is 32.7. The van der Waals surface area contributed by atoms with Crippen LogP contribution >= 0.6 is 31.9 Å². The number of fused-ring (bicyclic) bond motifs is 6. The second-order valence-electron chi connectivity index (χ2n) is 13.9. The number of nitriles is 2. The Morgan fingerprint density at radius 1 is 0.698 bits per heavy atom. The van der Waals surface area contributed by atoms with Gasteiger partial charge in [0.2, 0.25) is 5.91 Å². The number of pyridine rings is 2. The molecule has 11 heteroatoms. The van der Waals surface area contributed by atoms with Gasteiger partial charge in [-0.25, -0.2) is 0 Å². The predicted molar refractivity (Wildman–Crippen MR) is 216 cm³/mol. The van der Waals surface area contributed by atoms with Crippen molar-refractivity contribution in [3.05, 3.63) is 117 Å². The molecule has 0 radical (unpaired) electrons. The Balaban J connectivity index is 0.000000165. The average molecular weight is 825 g/mol. The number of nitrogens with zero attached hydrogens (tertiary/aromatic N) is 7. The van der Waals surface area contributed by atoms with Gasteiger partial charge in [0.05, 0.1) is 57.4 Å². The molecule has 0 unspecified atom stereocenters. The van der Waals surface area contributed by atoms with E-state index in [1.165, 1.54) is 11.6 Å². The van der Waals surface area contributed by atoms with Crippen molar-refractivity contribution in [2.24, 2.45) is 0 Å². The zero-order chi connectivity index (χ0) is 37.7. The molecule has 9 nitrogen and oxygen atoms in total. The largest absolute Gasteiger partial charge is 0.276 e. The Hall–Kier alpha value is -5.75. The lowest BCUT2D eigenvalue weighted by Gasteiger charge is -2.15. The van der Waals surface area contributed by atoms with Gasteiger partial charge in [-0.3, -0.25) is 19.9 Å². The van der Waals surface area contributed by atoms with E-state index in [1.807, 2.05) is 113 Å². The van der Waals surface area contributed by atoms with Crippen LogP contribution in [-0.2, 0) is 10.8 Å². The van der Waals surface area contributed by atoms with Crippen LogP contribution in [-0.4, -0.2) is 35.9 Å². The third kappa shape index (κ3) is 6.59. The molecular weight excluding hydrogens is 792 g/mol. The summed E-state index contributed by atoms with van der Waals surface area (Å²) in [6.07, 6.45) is 3.51. The number of hydrogen-bond acceptors (Lipinski definition) is 7. The van der Waals surface area contributed by atoms with E-state index in [1.54, 1.807) is 6.20 Å². The van der Waals surface area contributed by atoms with Gasteiger partial charge in [0.15, 0.2) is 0 Å². The Morgan fingerprint density at radius 2 is 1.19 bits per heavy atom. The van der Waals surface area contributed by atoms with Crippen molar-refractivity contribution >= 4 is 81.4 Å². The summed E-state index contributed by atoms with van der Waals surface area (Å²) in [6, 6.07) is 32.4. The van der Waals surface area contributed by atoms with E-state index >= 15 is 0 Å². The summed E-state index contributed by atoms with van der Waals surface area (Å²) in [7, 11) is 0. The number of aromatic amines is 1. The second kappa shape index (κ2) is 13.7. The lowest BCUT2D eigenvalue weighted by molar-refractivity contribution is 0.0927. The molecule has 4 aromatic heterocycles. The van der Waals surface area contributed by atoms with E-state index in [0.717, 1.165) is 80.7 Å². The average Bonchev–Trinajstić information content (AvgIpc) is 3.78. The van der Waals surface area contributed by atoms with Crippen LogP contribution in [0.3, 0.4) is 0 Å². The standard InChI is InChI=1S/C22H17BrN4O.C20H15BrN4/c1-13(28)27-19-11-25-18-9-8-16(23)10-17(18)20(19)21(26-27)14-4-6-15(7-5-14)22(2,3)12-24;1-20(2,11-22)13-5-3-12(4-6-13)19-18-15-9-14(21)7-8-16(15)23-10-17(18)24-25-19/h4-11H,1-3H3;3-10H,1-2H3,(H,24,25). The fourth-order valence-corrected chi connectivity index (χ4v) is 7.04. The first-order chi connectivity index (χ1) is 25.3. The first-order valence-corrected chi connectivity index (χ1v) is 18.3. The van der Waals surface area contributed by atoms with E-state index in [0.29, 0.717) is 5.52 Å². The normalized spacial score (nSPS) is 11.7. The van der Waals surface area contributed by atoms with Crippen molar-refractivity contribution in [1.82, 2.24) is 29.9 Å². The number of rotatable bonds is 4. The van der Waals surface area contributed by atoms with Crippen LogP contribution in [0.4, 0.5) is 0 Å². The molecule has 0 saturated carbocycles. The third-order valence-corrected chi connectivity index (χ3v) is 10.4. The van der Waals surface area contributed by atoms with E-state index in [4.69, 9.17) is 0 Å². The van der Waals surface area contributed by atoms with E-state index < -0.39 is 10.8 Å². The SMILES string of the molecule is CC(=O)n1nc(-c2ccc(C(C)(C)C#N)cc2)c2c3cc(Br)ccc3ncc21.CC(C)(C#N)c1ccc(-c2n[nH]c3cnc4ccc(Br)cc4c23)cc1. The lowest BCUT2D eigenvalue weighted by Crippen LogP contribution is -2.13. The van der Waals surface area contributed by atoms with Crippen LogP contribution in [0, 0.1) is 22.7 Å². The maximum Gasteiger partial charge on any atom is 0.244 e. The molecule has 0 saturated heterocycles. The Kier molecular flexibility index (Phi) is 9.19. The molecule has 0 bridgehead atoms. The molecule has 4 heterocycles. The summed E-state index contributed by atoms with van der Waals surface area (Å²) in [5.74, 6) is -0.172. The molecule has 8 rings (SSSR count). The smallest absolute Gasteiger partial charge is 0.244 e. The van der Waals surface area contributed by atoms with Crippen LogP contribution in [0.2, 0.25) is 0 Å². The molecule has 0 spiro atoms. The van der Waals surface area contributed by atoms with Gasteiger partial charge >= 0.3 is 0 Å². The Bertz CT molecular complexity index is 2800. The molecule has 4 aromatic carbocycles. The molecule has 0 aliphatic carbocycles. The van der Waals surface area contributed by atoms with E-state index in [-0.39, 0.29) is 5.91 Å². The van der Waals surface area contributed by atoms with Crippen LogP contribution in [0.25, 0.3) is 66.1 Å². The zero-order valence-electron chi connectivity index (χ0n) is 29.5. The highest BCUT2D eigenvalue weighted by atomic mass is 79.9. The highest BCUT2D eigenvalue weighted by Gasteiger charge is 2.23. The minimum Gasteiger partial charge on any atom is -0.276 e. The van der Waals surface area contributed by atoms with Crippen molar-refractivity contribution in [1.29, 1.82) is 10.5 Å². The maximum absolute atomic E-state index is 12.2. The minimum atomic E-state index is -0.569. The highest BCUT2D eigenvalue weighted by molar-refractivity contribution is 9.10. The molecule has 0 atom stereocenters. The fourth-order valence-electron chi connectivity index (χ4n) is 6.31. The van der Waals surface area contributed by atoms with Crippen LogP contribution in [0.5, 0.6) is 0 Å². The molecule has 0 fully saturated rings. The van der Waals surface area contributed by atoms with Gasteiger partial charge in [-0.05, 0) is 75.2 Å². The van der Waals surface area contributed by atoms with Crippen molar-refractivity contribution < 1.29 is 4.79 Å². The number of nitrogens with one attached hydrogen (secondary N) is 1. The van der Waals surface area contributed by atoms with Gasteiger partial charge in [0.1, 0.15) is 11.4 Å². The summed E-state index contributed by atoms with van der Waals surface area (Å²) < 4.78 is 3.33. The van der Waals surface area contributed by atoms with Crippen LogP contribution in [0.15, 0.2) is 106 Å². The van der Waals surface area contributed by atoms with E-state index in [9.17, 15) is 15.3 Å². The fraction of sp³-hybridized carbons (Fsp3) is 0.167. The monoisotopic (exact) mass is 822 g/mol. The van der Waals surface area contributed by atoms with Crippen LogP contribution in [0.1, 0.15) is 50.5 Å². The summed E-state index contributed by atoms with van der Waals surface area (Å²) in [5, 5.41) is 34.8. The number of hydrogen-bond donors (Lipinski definition) is 1. The number of aromatic nitrogens is 6. The summed E-state index contributed by atoms with van der Waals surface area (Å²) in [4.78, 5) is 21.1.